The average molecular weight is 235 g/mol. The van der Waals surface area contributed by atoms with Crippen molar-refractivity contribution in [2.75, 3.05) is 0 Å². The van der Waals surface area contributed by atoms with Crippen LogP contribution in [0.25, 0.3) is 0 Å². The molecule has 1 nitrogen and oxygen atoms in total. The van der Waals surface area contributed by atoms with Crippen LogP contribution in [0, 0.1) is 17.7 Å². The van der Waals surface area contributed by atoms with Crippen LogP contribution in [0.1, 0.15) is 45.2 Å². The molecule has 2 rings (SSSR count). The van der Waals surface area contributed by atoms with Gasteiger partial charge in [-0.05, 0) is 49.3 Å². The summed E-state index contributed by atoms with van der Waals surface area (Å²) in [6, 6.07) is 7.75. The van der Waals surface area contributed by atoms with Gasteiger partial charge in [-0.25, -0.2) is 4.39 Å². The summed E-state index contributed by atoms with van der Waals surface area (Å²) in [4.78, 5) is 0. The molecule has 1 atom stereocenters. The second-order valence-electron chi connectivity index (χ2n) is 5.61. The van der Waals surface area contributed by atoms with Gasteiger partial charge in [-0.1, -0.05) is 26.0 Å². The molecule has 1 aliphatic rings. The molecule has 17 heavy (non-hydrogen) atoms. The molecule has 1 saturated carbocycles. The number of hydrogen-bond acceptors (Lipinski definition) is 1. The van der Waals surface area contributed by atoms with E-state index < -0.39 is 0 Å². The van der Waals surface area contributed by atoms with Crippen molar-refractivity contribution in [3.8, 4) is 0 Å². The standard InChI is InChI=1S/C15H22FN/c1-10(2)13-8-15(9-13)17-11(3)12-4-6-14(16)7-5-12/h4-7,10-11,13,15,17H,8-9H2,1-3H3. The predicted octanol–water partition coefficient (Wildman–Crippen LogP) is 3.91. The molecule has 1 fully saturated rings. The average Bonchev–Trinajstić information content (AvgIpc) is 2.23. The SMILES string of the molecule is CC(NC1CC(C(C)C)C1)c1ccc(F)cc1. The Balaban J connectivity index is 1.82. The molecule has 0 radical (unpaired) electrons. The molecule has 1 N–H and O–H groups in total. The maximum absolute atomic E-state index is 12.8. The third kappa shape index (κ3) is 3.06. The summed E-state index contributed by atoms with van der Waals surface area (Å²) in [7, 11) is 0. The summed E-state index contributed by atoms with van der Waals surface area (Å²) in [5.41, 5.74) is 1.17. The van der Waals surface area contributed by atoms with E-state index in [0.29, 0.717) is 12.1 Å². The lowest BCUT2D eigenvalue weighted by Crippen LogP contribution is -2.43. The Morgan fingerprint density at radius 3 is 2.24 bits per heavy atom. The van der Waals surface area contributed by atoms with Crippen molar-refractivity contribution in [3.05, 3.63) is 35.6 Å². The maximum atomic E-state index is 12.8. The van der Waals surface area contributed by atoms with Crippen LogP contribution >= 0.6 is 0 Å². The highest BCUT2D eigenvalue weighted by Crippen LogP contribution is 2.34. The Kier molecular flexibility index (Phi) is 3.82. The Hall–Kier alpha value is -0.890. The van der Waals surface area contributed by atoms with Crippen LogP contribution in [0.4, 0.5) is 4.39 Å². The highest BCUT2D eigenvalue weighted by atomic mass is 19.1. The lowest BCUT2D eigenvalue weighted by Gasteiger charge is -2.40. The number of rotatable bonds is 4. The molecular weight excluding hydrogens is 213 g/mol. The minimum atomic E-state index is -0.163. The number of nitrogens with one attached hydrogen (secondary N) is 1. The summed E-state index contributed by atoms with van der Waals surface area (Å²) >= 11 is 0. The Morgan fingerprint density at radius 1 is 1.12 bits per heavy atom. The molecule has 1 aromatic rings. The molecule has 0 heterocycles. The molecule has 1 unspecified atom stereocenters. The van der Waals surface area contributed by atoms with E-state index >= 15 is 0 Å². The van der Waals surface area contributed by atoms with Crippen molar-refractivity contribution >= 4 is 0 Å². The Bertz CT molecular complexity index is 352. The van der Waals surface area contributed by atoms with Gasteiger partial charge in [0.15, 0.2) is 0 Å². The van der Waals surface area contributed by atoms with Crippen LogP contribution in [-0.2, 0) is 0 Å². The number of benzene rings is 1. The molecule has 0 saturated heterocycles. The molecule has 0 aliphatic heterocycles. The summed E-state index contributed by atoms with van der Waals surface area (Å²) in [5.74, 6) is 1.52. The first-order valence-corrected chi connectivity index (χ1v) is 6.57. The van der Waals surface area contributed by atoms with E-state index in [1.54, 1.807) is 0 Å². The molecule has 0 spiro atoms. The first kappa shape index (κ1) is 12.6. The van der Waals surface area contributed by atoms with Gasteiger partial charge in [0, 0.05) is 12.1 Å². The monoisotopic (exact) mass is 235 g/mol. The van der Waals surface area contributed by atoms with E-state index in [2.05, 4.69) is 26.1 Å². The quantitative estimate of drug-likeness (QED) is 0.834. The fourth-order valence-electron chi connectivity index (χ4n) is 2.54. The Morgan fingerprint density at radius 2 is 1.71 bits per heavy atom. The van der Waals surface area contributed by atoms with Crippen molar-refractivity contribution in [1.82, 2.24) is 5.32 Å². The van der Waals surface area contributed by atoms with Gasteiger partial charge in [0.05, 0.1) is 0 Å². The van der Waals surface area contributed by atoms with E-state index in [9.17, 15) is 4.39 Å². The van der Waals surface area contributed by atoms with Crippen molar-refractivity contribution in [3.63, 3.8) is 0 Å². The summed E-state index contributed by atoms with van der Waals surface area (Å²) < 4.78 is 12.8. The molecule has 1 aromatic carbocycles. The molecule has 2 heteroatoms. The van der Waals surface area contributed by atoms with Crippen LogP contribution in [0.2, 0.25) is 0 Å². The van der Waals surface area contributed by atoms with Gasteiger partial charge >= 0.3 is 0 Å². The zero-order valence-corrected chi connectivity index (χ0v) is 10.9. The minimum absolute atomic E-state index is 0.163. The molecule has 0 amide bonds. The number of hydrogen-bond donors (Lipinski definition) is 1. The number of halogens is 1. The van der Waals surface area contributed by atoms with E-state index in [-0.39, 0.29) is 5.82 Å². The first-order chi connectivity index (χ1) is 8.06. The van der Waals surface area contributed by atoms with Crippen LogP contribution < -0.4 is 5.32 Å². The summed E-state index contributed by atoms with van der Waals surface area (Å²) in [6.07, 6.45) is 2.56. The highest BCUT2D eigenvalue weighted by Gasteiger charge is 2.31. The lowest BCUT2D eigenvalue weighted by molar-refractivity contribution is 0.159. The van der Waals surface area contributed by atoms with E-state index in [1.807, 2.05) is 12.1 Å². The largest absolute Gasteiger partial charge is 0.307 e. The van der Waals surface area contributed by atoms with Crippen molar-refractivity contribution in [2.24, 2.45) is 11.8 Å². The second kappa shape index (κ2) is 5.18. The normalized spacial score (nSPS) is 25.7. The van der Waals surface area contributed by atoms with Crippen molar-refractivity contribution in [2.45, 2.75) is 45.7 Å². The van der Waals surface area contributed by atoms with Gasteiger partial charge in [-0.3, -0.25) is 0 Å². The molecule has 0 bridgehead atoms. The topological polar surface area (TPSA) is 12.0 Å². The highest BCUT2D eigenvalue weighted by molar-refractivity contribution is 5.19. The third-order valence-electron chi connectivity index (χ3n) is 3.97. The fourth-order valence-corrected chi connectivity index (χ4v) is 2.54. The van der Waals surface area contributed by atoms with E-state index in [1.165, 1.54) is 30.5 Å². The van der Waals surface area contributed by atoms with Gasteiger partial charge in [0.2, 0.25) is 0 Å². The zero-order valence-electron chi connectivity index (χ0n) is 10.9. The molecule has 0 aromatic heterocycles. The second-order valence-corrected chi connectivity index (χ2v) is 5.61. The minimum Gasteiger partial charge on any atom is -0.307 e. The fraction of sp³-hybridized carbons (Fsp3) is 0.600. The zero-order chi connectivity index (χ0) is 12.4. The van der Waals surface area contributed by atoms with E-state index in [4.69, 9.17) is 0 Å². The van der Waals surface area contributed by atoms with Crippen molar-refractivity contribution in [1.29, 1.82) is 0 Å². The van der Waals surface area contributed by atoms with Crippen LogP contribution in [0.3, 0.4) is 0 Å². The van der Waals surface area contributed by atoms with Gasteiger partial charge < -0.3 is 5.32 Å². The van der Waals surface area contributed by atoms with Gasteiger partial charge in [0.1, 0.15) is 5.82 Å². The Labute approximate surface area is 103 Å². The summed E-state index contributed by atoms with van der Waals surface area (Å²) in [6.45, 7) is 6.74. The van der Waals surface area contributed by atoms with Crippen LogP contribution in [-0.4, -0.2) is 6.04 Å². The van der Waals surface area contributed by atoms with Crippen LogP contribution in [0.15, 0.2) is 24.3 Å². The third-order valence-corrected chi connectivity index (χ3v) is 3.97. The van der Waals surface area contributed by atoms with Crippen molar-refractivity contribution < 1.29 is 4.39 Å². The predicted molar refractivity (Wildman–Crippen MR) is 69.3 cm³/mol. The smallest absolute Gasteiger partial charge is 0.123 e. The molecule has 94 valence electrons. The van der Waals surface area contributed by atoms with Gasteiger partial charge in [0.25, 0.3) is 0 Å². The summed E-state index contributed by atoms with van der Waals surface area (Å²) in [5, 5.41) is 3.61. The first-order valence-electron chi connectivity index (χ1n) is 6.57. The molecular formula is C15H22FN. The van der Waals surface area contributed by atoms with Gasteiger partial charge in [-0.15, -0.1) is 0 Å². The van der Waals surface area contributed by atoms with Crippen LogP contribution in [0.5, 0.6) is 0 Å². The lowest BCUT2D eigenvalue weighted by atomic mass is 9.73. The molecule has 1 aliphatic carbocycles. The maximum Gasteiger partial charge on any atom is 0.123 e. The van der Waals surface area contributed by atoms with Gasteiger partial charge in [-0.2, -0.15) is 0 Å². The van der Waals surface area contributed by atoms with E-state index in [0.717, 1.165) is 11.8 Å².